The number of aliphatic carboxylic acids is 1. The Kier molecular flexibility index (Phi) is 9.10. The maximum absolute atomic E-state index is 14.1. The van der Waals surface area contributed by atoms with Crippen LogP contribution in [-0.2, 0) is 29.9 Å². The van der Waals surface area contributed by atoms with Gasteiger partial charge in [0, 0.05) is 12.5 Å². The van der Waals surface area contributed by atoms with E-state index in [1.807, 2.05) is 30.3 Å². The molecule has 1 saturated heterocycles. The topological polar surface area (TPSA) is 113 Å². The van der Waals surface area contributed by atoms with Gasteiger partial charge in [-0.15, -0.1) is 0 Å². The number of rotatable bonds is 11. The molecule has 1 aliphatic carbocycles. The Morgan fingerprint density at radius 2 is 1.85 bits per heavy atom. The predicted octanol–water partition coefficient (Wildman–Crippen LogP) is 3.64. The van der Waals surface area contributed by atoms with Crippen molar-refractivity contribution in [3.63, 3.8) is 0 Å². The SMILES string of the molecule is CCOP(=O)(CC(=O)N1CCC[C@H]1C(=O)O)C(CCc1ccccc1)NC(=O)C1CCCC1. The second kappa shape index (κ2) is 11.8. The lowest BCUT2D eigenvalue weighted by molar-refractivity contribution is -0.147. The van der Waals surface area contributed by atoms with E-state index in [0.717, 1.165) is 31.2 Å². The van der Waals surface area contributed by atoms with E-state index in [0.29, 0.717) is 32.2 Å². The van der Waals surface area contributed by atoms with Gasteiger partial charge in [-0.2, -0.15) is 0 Å². The number of benzene rings is 1. The fraction of sp³-hybridized carbons (Fsp3) is 0.625. The molecule has 0 spiro atoms. The fourth-order valence-corrected chi connectivity index (χ4v) is 7.18. The van der Waals surface area contributed by atoms with Crippen LogP contribution in [0, 0.1) is 5.92 Å². The molecule has 1 aromatic carbocycles. The summed E-state index contributed by atoms with van der Waals surface area (Å²) in [5, 5.41) is 12.4. The monoisotopic (exact) mass is 478 g/mol. The highest BCUT2D eigenvalue weighted by molar-refractivity contribution is 7.60. The molecule has 3 atom stereocenters. The third-order valence-electron chi connectivity index (χ3n) is 6.62. The minimum Gasteiger partial charge on any atom is -0.480 e. The van der Waals surface area contributed by atoms with Gasteiger partial charge in [-0.05, 0) is 51.0 Å². The lowest BCUT2D eigenvalue weighted by Gasteiger charge is -2.31. The van der Waals surface area contributed by atoms with Crippen molar-refractivity contribution in [3.8, 4) is 0 Å². The fourth-order valence-electron chi connectivity index (χ4n) is 4.85. The van der Waals surface area contributed by atoms with Gasteiger partial charge in [0.15, 0.2) is 0 Å². The van der Waals surface area contributed by atoms with Crippen LogP contribution in [0.3, 0.4) is 0 Å². The van der Waals surface area contributed by atoms with Crippen molar-refractivity contribution < 1.29 is 28.6 Å². The molecule has 0 radical (unpaired) electrons. The molecule has 2 amide bonds. The summed E-state index contributed by atoms with van der Waals surface area (Å²) in [6.45, 7) is 2.17. The molecule has 1 heterocycles. The molecule has 9 heteroatoms. The summed E-state index contributed by atoms with van der Waals surface area (Å²) < 4.78 is 19.8. The molecule has 2 N–H and O–H groups in total. The molecule has 2 unspecified atom stereocenters. The molecule has 1 aromatic rings. The van der Waals surface area contributed by atoms with Gasteiger partial charge in [0.2, 0.25) is 19.2 Å². The lowest BCUT2D eigenvalue weighted by atomic mass is 10.1. The van der Waals surface area contributed by atoms with E-state index in [2.05, 4.69) is 5.32 Å². The molecule has 3 rings (SSSR count). The summed E-state index contributed by atoms with van der Waals surface area (Å²) >= 11 is 0. The van der Waals surface area contributed by atoms with E-state index in [4.69, 9.17) is 4.52 Å². The van der Waals surface area contributed by atoms with Crippen molar-refractivity contribution in [2.75, 3.05) is 19.3 Å². The largest absolute Gasteiger partial charge is 0.480 e. The molecule has 182 valence electrons. The second-order valence-corrected chi connectivity index (χ2v) is 11.6. The van der Waals surface area contributed by atoms with Crippen molar-refractivity contribution in [1.29, 1.82) is 0 Å². The number of carbonyl (C=O) groups excluding carboxylic acids is 2. The highest BCUT2D eigenvalue weighted by atomic mass is 31.2. The average Bonchev–Trinajstić information content (AvgIpc) is 3.49. The first kappa shape index (κ1) is 25.4. The first-order chi connectivity index (χ1) is 15.8. The van der Waals surface area contributed by atoms with Gasteiger partial charge in [-0.1, -0.05) is 43.2 Å². The van der Waals surface area contributed by atoms with E-state index in [1.54, 1.807) is 6.92 Å². The highest BCUT2D eigenvalue weighted by Crippen LogP contribution is 2.53. The van der Waals surface area contributed by atoms with Gasteiger partial charge in [-0.25, -0.2) is 4.79 Å². The van der Waals surface area contributed by atoms with Crippen LogP contribution in [-0.4, -0.2) is 58.9 Å². The number of hydrogen-bond donors (Lipinski definition) is 2. The first-order valence-corrected chi connectivity index (χ1v) is 13.8. The van der Waals surface area contributed by atoms with Crippen LogP contribution >= 0.6 is 7.37 Å². The number of carbonyl (C=O) groups is 3. The van der Waals surface area contributed by atoms with Crippen molar-refractivity contribution in [3.05, 3.63) is 35.9 Å². The Bertz CT molecular complexity index is 871. The number of aryl methyl sites for hydroxylation is 1. The summed E-state index contributed by atoms with van der Waals surface area (Å²) in [4.78, 5) is 38.8. The summed E-state index contributed by atoms with van der Waals surface area (Å²) in [6.07, 6.45) is 5.13. The zero-order chi connectivity index (χ0) is 23.8. The van der Waals surface area contributed by atoms with Crippen molar-refractivity contribution in [2.45, 2.75) is 70.1 Å². The maximum Gasteiger partial charge on any atom is 0.326 e. The zero-order valence-electron chi connectivity index (χ0n) is 19.3. The van der Waals surface area contributed by atoms with Gasteiger partial charge in [-0.3, -0.25) is 14.2 Å². The Morgan fingerprint density at radius 3 is 2.48 bits per heavy atom. The highest BCUT2D eigenvalue weighted by Gasteiger charge is 2.42. The summed E-state index contributed by atoms with van der Waals surface area (Å²) in [5.41, 5.74) is 1.04. The van der Waals surface area contributed by atoms with Gasteiger partial charge < -0.3 is 19.8 Å². The quantitative estimate of drug-likeness (QED) is 0.470. The molecule has 33 heavy (non-hydrogen) atoms. The number of amides is 2. The Hall–Kier alpha value is -2.18. The average molecular weight is 479 g/mol. The van der Waals surface area contributed by atoms with E-state index in [-0.39, 0.29) is 18.4 Å². The molecule has 8 nitrogen and oxygen atoms in total. The molecule has 0 bridgehead atoms. The van der Waals surface area contributed by atoms with Gasteiger partial charge >= 0.3 is 5.97 Å². The smallest absolute Gasteiger partial charge is 0.326 e. The number of nitrogens with zero attached hydrogens (tertiary/aromatic N) is 1. The molecule has 0 aromatic heterocycles. The Labute approximate surface area is 195 Å². The van der Waals surface area contributed by atoms with Gasteiger partial charge in [0.05, 0.1) is 6.61 Å². The van der Waals surface area contributed by atoms with Crippen molar-refractivity contribution >= 4 is 25.2 Å². The van der Waals surface area contributed by atoms with Crippen molar-refractivity contribution in [2.24, 2.45) is 5.92 Å². The molecule has 1 saturated carbocycles. The van der Waals surface area contributed by atoms with E-state index in [9.17, 15) is 24.1 Å². The zero-order valence-corrected chi connectivity index (χ0v) is 20.2. The number of carboxylic acid groups (broad SMARTS) is 1. The molecule has 2 fully saturated rings. The molecule has 2 aliphatic rings. The van der Waals surface area contributed by atoms with Crippen LogP contribution in [0.15, 0.2) is 30.3 Å². The van der Waals surface area contributed by atoms with E-state index in [1.165, 1.54) is 4.90 Å². The number of carboxylic acids is 1. The first-order valence-electron chi connectivity index (χ1n) is 11.9. The van der Waals surface area contributed by atoms with Gasteiger partial charge in [0.25, 0.3) is 0 Å². The maximum atomic E-state index is 14.1. The van der Waals surface area contributed by atoms with Crippen LogP contribution in [0.2, 0.25) is 0 Å². The molecule has 1 aliphatic heterocycles. The Balaban J connectivity index is 1.80. The van der Waals surface area contributed by atoms with Crippen LogP contribution in [0.4, 0.5) is 0 Å². The second-order valence-electron chi connectivity index (χ2n) is 8.92. The predicted molar refractivity (Wildman–Crippen MR) is 125 cm³/mol. The number of nitrogens with one attached hydrogen (secondary N) is 1. The third kappa shape index (κ3) is 6.67. The third-order valence-corrected chi connectivity index (χ3v) is 9.36. The summed E-state index contributed by atoms with van der Waals surface area (Å²) in [7, 11) is -3.64. The summed E-state index contributed by atoms with van der Waals surface area (Å²) in [6, 6.07) is 8.80. The van der Waals surface area contributed by atoms with Crippen molar-refractivity contribution in [1.82, 2.24) is 10.2 Å². The minimum absolute atomic E-state index is 0.107. The number of likely N-dealkylation sites (tertiary alicyclic amines) is 1. The minimum atomic E-state index is -3.64. The van der Waals surface area contributed by atoms with Crippen LogP contribution in [0.1, 0.15) is 57.4 Å². The van der Waals surface area contributed by atoms with Crippen LogP contribution in [0.5, 0.6) is 0 Å². The normalized spacial score (nSPS) is 21.5. The van der Waals surface area contributed by atoms with E-state index >= 15 is 0 Å². The molecular formula is C24H35N2O6P. The summed E-state index contributed by atoms with van der Waals surface area (Å²) in [5.74, 6) is -2.59. The standard InChI is InChI=1S/C24H35N2O6P/c1-2-32-33(31,17-22(27)26-16-8-13-20(26)24(29)30)21(15-14-18-9-4-3-5-10-18)25-23(28)19-11-6-7-12-19/h3-5,9-10,19-21H,2,6-8,11-17H2,1H3,(H,25,28)(H,29,30)/t20-,21?,33?/m0/s1. The number of hydrogen-bond acceptors (Lipinski definition) is 5. The van der Waals surface area contributed by atoms with Crippen LogP contribution in [0.25, 0.3) is 0 Å². The van der Waals surface area contributed by atoms with E-state index < -0.39 is 37.2 Å². The van der Waals surface area contributed by atoms with Gasteiger partial charge in [0.1, 0.15) is 18.0 Å². The molecular weight excluding hydrogens is 443 g/mol. The Morgan fingerprint density at radius 1 is 1.15 bits per heavy atom. The van der Waals surface area contributed by atoms with Crippen LogP contribution < -0.4 is 5.32 Å². The lowest BCUT2D eigenvalue weighted by Crippen LogP contribution is -2.44.